The number of hydrogen-bond acceptors (Lipinski definition) is 3. The molecule has 1 saturated heterocycles. The highest BCUT2D eigenvalue weighted by molar-refractivity contribution is 5.80. The SMILES string of the molecule is CCNC(=NCCNC(C)(C)C)N1CCC(COC)C1. The Labute approximate surface area is 124 Å². The summed E-state index contributed by atoms with van der Waals surface area (Å²) in [6, 6.07) is 0. The quantitative estimate of drug-likeness (QED) is 0.439. The number of likely N-dealkylation sites (tertiary alicyclic amines) is 1. The summed E-state index contributed by atoms with van der Waals surface area (Å²) in [4.78, 5) is 7.07. The predicted molar refractivity (Wildman–Crippen MR) is 85.3 cm³/mol. The fourth-order valence-corrected chi connectivity index (χ4v) is 2.42. The molecule has 1 atom stereocenters. The van der Waals surface area contributed by atoms with Gasteiger partial charge in [0, 0.05) is 44.7 Å². The zero-order valence-corrected chi connectivity index (χ0v) is 13.8. The molecular weight excluding hydrogens is 252 g/mol. The van der Waals surface area contributed by atoms with Gasteiger partial charge in [-0.25, -0.2) is 0 Å². The van der Waals surface area contributed by atoms with E-state index >= 15 is 0 Å². The molecule has 1 aliphatic heterocycles. The molecule has 0 radical (unpaired) electrons. The van der Waals surface area contributed by atoms with Gasteiger partial charge in [0.15, 0.2) is 5.96 Å². The third-order valence-corrected chi connectivity index (χ3v) is 3.35. The summed E-state index contributed by atoms with van der Waals surface area (Å²) in [6.07, 6.45) is 1.19. The van der Waals surface area contributed by atoms with Crippen LogP contribution in [0.3, 0.4) is 0 Å². The van der Waals surface area contributed by atoms with Crippen molar-refractivity contribution in [1.82, 2.24) is 15.5 Å². The van der Waals surface area contributed by atoms with E-state index in [1.54, 1.807) is 7.11 Å². The normalized spacial score (nSPS) is 20.6. The minimum Gasteiger partial charge on any atom is -0.384 e. The number of guanidine groups is 1. The van der Waals surface area contributed by atoms with Crippen molar-refractivity contribution in [1.29, 1.82) is 0 Å². The molecule has 0 bridgehead atoms. The van der Waals surface area contributed by atoms with Crippen LogP contribution < -0.4 is 10.6 Å². The van der Waals surface area contributed by atoms with E-state index in [1.165, 1.54) is 6.42 Å². The average Bonchev–Trinajstić information content (AvgIpc) is 2.81. The number of rotatable bonds is 6. The smallest absolute Gasteiger partial charge is 0.193 e. The van der Waals surface area contributed by atoms with E-state index < -0.39 is 0 Å². The summed E-state index contributed by atoms with van der Waals surface area (Å²) >= 11 is 0. The maximum atomic E-state index is 5.25. The van der Waals surface area contributed by atoms with Crippen molar-refractivity contribution in [2.45, 2.75) is 39.7 Å². The van der Waals surface area contributed by atoms with Crippen LogP contribution in [0.5, 0.6) is 0 Å². The Bertz CT molecular complexity index is 299. The topological polar surface area (TPSA) is 48.9 Å². The molecule has 1 heterocycles. The lowest BCUT2D eigenvalue weighted by molar-refractivity contribution is 0.157. The van der Waals surface area contributed by atoms with Crippen molar-refractivity contribution >= 4 is 5.96 Å². The summed E-state index contributed by atoms with van der Waals surface area (Å²) in [6.45, 7) is 14.3. The molecule has 0 aliphatic carbocycles. The van der Waals surface area contributed by atoms with Crippen molar-refractivity contribution in [2.24, 2.45) is 10.9 Å². The number of ether oxygens (including phenoxy) is 1. The van der Waals surface area contributed by atoms with E-state index in [4.69, 9.17) is 9.73 Å². The Morgan fingerprint density at radius 2 is 2.15 bits per heavy atom. The van der Waals surface area contributed by atoms with Gasteiger partial charge in [0.25, 0.3) is 0 Å². The number of nitrogens with one attached hydrogen (secondary N) is 2. The minimum atomic E-state index is 0.158. The largest absolute Gasteiger partial charge is 0.384 e. The van der Waals surface area contributed by atoms with Gasteiger partial charge >= 0.3 is 0 Å². The van der Waals surface area contributed by atoms with Gasteiger partial charge in [-0.1, -0.05) is 0 Å². The lowest BCUT2D eigenvalue weighted by Gasteiger charge is -2.23. The lowest BCUT2D eigenvalue weighted by Crippen LogP contribution is -2.41. The van der Waals surface area contributed by atoms with Crippen LogP contribution in [0.2, 0.25) is 0 Å². The fraction of sp³-hybridized carbons (Fsp3) is 0.933. The first-order valence-electron chi connectivity index (χ1n) is 7.73. The van der Waals surface area contributed by atoms with Crippen molar-refractivity contribution in [3.05, 3.63) is 0 Å². The molecule has 2 N–H and O–H groups in total. The van der Waals surface area contributed by atoms with Crippen LogP contribution in [0.15, 0.2) is 4.99 Å². The van der Waals surface area contributed by atoms with Crippen LogP contribution in [-0.4, -0.2) is 62.8 Å². The molecule has 0 saturated carbocycles. The van der Waals surface area contributed by atoms with Crippen LogP contribution in [0, 0.1) is 5.92 Å². The highest BCUT2D eigenvalue weighted by atomic mass is 16.5. The van der Waals surface area contributed by atoms with Crippen LogP contribution in [-0.2, 0) is 4.74 Å². The first-order chi connectivity index (χ1) is 9.46. The second kappa shape index (κ2) is 8.47. The molecule has 5 heteroatoms. The zero-order valence-electron chi connectivity index (χ0n) is 13.8. The fourth-order valence-electron chi connectivity index (χ4n) is 2.42. The van der Waals surface area contributed by atoms with Crippen molar-refractivity contribution in [3.63, 3.8) is 0 Å². The van der Waals surface area contributed by atoms with E-state index in [0.29, 0.717) is 5.92 Å². The molecule has 0 aromatic rings. The summed E-state index contributed by atoms with van der Waals surface area (Å²) < 4.78 is 5.25. The molecular formula is C15H32N4O. The Balaban J connectivity index is 2.43. The third-order valence-electron chi connectivity index (χ3n) is 3.35. The molecule has 0 aromatic heterocycles. The van der Waals surface area contributed by atoms with Crippen LogP contribution in [0.25, 0.3) is 0 Å². The highest BCUT2D eigenvalue weighted by Gasteiger charge is 2.24. The third kappa shape index (κ3) is 6.57. The second-order valence-electron chi connectivity index (χ2n) is 6.47. The maximum absolute atomic E-state index is 5.25. The first kappa shape index (κ1) is 17.2. The monoisotopic (exact) mass is 284 g/mol. The Hall–Kier alpha value is -0.810. The van der Waals surface area contributed by atoms with Gasteiger partial charge in [0.05, 0.1) is 13.2 Å². The van der Waals surface area contributed by atoms with Crippen molar-refractivity contribution < 1.29 is 4.74 Å². The molecule has 0 aromatic carbocycles. The van der Waals surface area contributed by atoms with Crippen LogP contribution >= 0.6 is 0 Å². The molecule has 1 fully saturated rings. The first-order valence-corrected chi connectivity index (χ1v) is 7.73. The average molecular weight is 284 g/mol. The minimum absolute atomic E-state index is 0.158. The van der Waals surface area contributed by atoms with E-state index in [2.05, 4.69) is 43.2 Å². The van der Waals surface area contributed by atoms with Gasteiger partial charge in [-0.05, 0) is 34.1 Å². The Morgan fingerprint density at radius 1 is 1.40 bits per heavy atom. The predicted octanol–water partition coefficient (Wildman–Crippen LogP) is 1.31. The molecule has 0 amide bonds. The maximum Gasteiger partial charge on any atom is 0.193 e. The van der Waals surface area contributed by atoms with Gasteiger partial charge in [-0.15, -0.1) is 0 Å². The number of hydrogen-bond donors (Lipinski definition) is 2. The van der Waals surface area contributed by atoms with Crippen LogP contribution in [0.4, 0.5) is 0 Å². The molecule has 1 unspecified atom stereocenters. The summed E-state index contributed by atoms with van der Waals surface area (Å²) in [5.74, 6) is 1.68. The van der Waals surface area contributed by atoms with E-state index in [9.17, 15) is 0 Å². The van der Waals surface area contributed by atoms with Gasteiger partial charge in [0.1, 0.15) is 0 Å². The number of methoxy groups -OCH3 is 1. The Kier molecular flexibility index (Phi) is 7.30. The van der Waals surface area contributed by atoms with Gasteiger partial charge < -0.3 is 20.3 Å². The van der Waals surface area contributed by atoms with E-state index in [0.717, 1.165) is 45.3 Å². The number of aliphatic imine (C=N–C) groups is 1. The van der Waals surface area contributed by atoms with Crippen molar-refractivity contribution in [3.8, 4) is 0 Å². The van der Waals surface area contributed by atoms with Crippen LogP contribution in [0.1, 0.15) is 34.1 Å². The second-order valence-corrected chi connectivity index (χ2v) is 6.47. The van der Waals surface area contributed by atoms with Gasteiger partial charge in [0.2, 0.25) is 0 Å². The summed E-state index contributed by atoms with van der Waals surface area (Å²) in [5.41, 5.74) is 0.158. The molecule has 118 valence electrons. The van der Waals surface area contributed by atoms with E-state index in [-0.39, 0.29) is 5.54 Å². The highest BCUT2D eigenvalue weighted by Crippen LogP contribution is 2.16. The molecule has 20 heavy (non-hydrogen) atoms. The molecule has 1 aliphatic rings. The van der Waals surface area contributed by atoms with Gasteiger partial charge in [-0.2, -0.15) is 0 Å². The molecule has 0 spiro atoms. The number of nitrogens with zero attached hydrogens (tertiary/aromatic N) is 2. The van der Waals surface area contributed by atoms with E-state index in [1.807, 2.05) is 0 Å². The standard InChI is InChI=1S/C15H32N4O/c1-6-16-14(17-8-9-18-15(2,3)4)19-10-7-13(11-19)12-20-5/h13,18H,6-12H2,1-5H3,(H,16,17). The molecule has 1 rings (SSSR count). The summed E-state index contributed by atoms with van der Waals surface area (Å²) in [5, 5.41) is 6.86. The molecule has 5 nitrogen and oxygen atoms in total. The zero-order chi connectivity index (χ0) is 15.0. The Morgan fingerprint density at radius 3 is 2.75 bits per heavy atom. The lowest BCUT2D eigenvalue weighted by atomic mass is 10.1. The van der Waals surface area contributed by atoms with Gasteiger partial charge in [-0.3, -0.25) is 4.99 Å². The van der Waals surface area contributed by atoms with Crippen molar-refractivity contribution in [2.75, 3.05) is 46.4 Å². The summed E-state index contributed by atoms with van der Waals surface area (Å²) in [7, 11) is 1.78.